The van der Waals surface area contributed by atoms with Crippen molar-refractivity contribution in [2.24, 2.45) is 0 Å². The van der Waals surface area contributed by atoms with Gasteiger partial charge in [-0.2, -0.15) is 0 Å². The van der Waals surface area contributed by atoms with E-state index in [1.165, 1.54) is 25.8 Å². The van der Waals surface area contributed by atoms with Crippen LogP contribution in [-0.4, -0.2) is 4.40 Å². The topological polar surface area (TPSA) is 4.41 Å². The van der Waals surface area contributed by atoms with Crippen LogP contribution in [0.25, 0.3) is 16.6 Å². The lowest BCUT2D eigenvalue weighted by molar-refractivity contribution is 1.17. The molecule has 0 amide bonds. The Labute approximate surface area is 114 Å². The van der Waals surface area contributed by atoms with Crippen LogP contribution in [-0.2, 0) is 0 Å². The molecule has 0 N–H and O–H groups in total. The summed E-state index contributed by atoms with van der Waals surface area (Å²) < 4.78 is 3.45. The van der Waals surface area contributed by atoms with E-state index < -0.39 is 0 Å². The Morgan fingerprint density at radius 3 is 2.41 bits per heavy atom. The van der Waals surface area contributed by atoms with Crippen molar-refractivity contribution in [3.05, 3.63) is 64.0 Å². The Hall–Kier alpha value is -1.29. The number of aryl methyl sites for hydroxylation is 1. The molecule has 0 unspecified atom stereocenters. The minimum atomic E-state index is 1.24. The zero-order chi connectivity index (χ0) is 11.8. The maximum atomic E-state index is 2.33. The highest BCUT2D eigenvalue weighted by molar-refractivity contribution is 14.1. The first kappa shape index (κ1) is 10.8. The predicted octanol–water partition coefficient (Wildman–Crippen LogP) is 4.52. The number of halogens is 1. The summed E-state index contributed by atoms with van der Waals surface area (Å²) in [4.78, 5) is 0. The quantitative estimate of drug-likeness (QED) is 0.577. The summed E-state index contributed by atoms with van der Waals surface area (Å²) in [5.41, 5.74) is 5.06. The first-order valence-electron chi connectivity index (χ1n) is 5.57. The standard InChI is InChI=1S/C15H12IN/c1-11-2-7-15-8-13(10-17(15)9-11)12-3-5-14(16)6-4-12/h2-10H,1H3. The van der Waals surface area contributed by atoms with Gasteiger partial charge in [0.25, 0.3) is 0 Å². The Morgan fingerprint density at radius 1 is 0.882 bits per heavy atom. The number of rotatable bonds is 1. The Bertz CT molecular complexity index is 665. The lowest BCUT2D eigenvalue weighted by Gasteiger charge is -1.97. The molecule has 1 nitrogen and oxygen atoms in total. The van der Waals surface area contributed by atoms with Crippen molar-refractivity contribution in [1.82, 2.24) is 4.40 Å². The molecule has 2 heterocycles. The van der Waals surface area contributed by atoms with Crippen molar-refractivity contribution in [1.29, 1.82) is 0 Å². The number of aromatic nitrogens is 1. The number of pyridine rings is 1. The highest BCUT2D eigenvalue weighted by Gasteiger charge is 2.02. The molecule has 0 atom stereocenters. The van der Waals surface area contributed by atoms with E-state index in [0.29, 0.717) is 0 Å². The third-order valence-corrected chi connectivity index (χ3v) is 3.64. The van der Waals surface area contributed by atoms with Crippen molar-refractivity contribution in [2.75, 3.05) is 0 Å². The van der Waals surface area contributed by atoms with Crippen molar-refractivity contribution in [3.63, 3.8) is 0 Å². The molecular formula is C15H12IN. The molecular weight excluding hydrogens is 321 g/mol. The molecule has 0 aliphatic rings. The minimum Gasteiger partial charge on any atom is -0.323 e. The normalized spacial score (nSPS) is 10.9. The second kappa shape index (κ2) is 4.18. The third kappa shape index (κ3) is 2.09. The molecule has 0 spiro atoms. The molecule has 1 aromatic carbocycles. The highest BCUT2D eigenvalue weighted by Crippen LogP contribution is 2.23. The summed E-state index contributed by atoms with van der Waals surface area (Å²) in [5.74, 6) is 0. The first-order chi connectivity index (χ1) is 8.22. The lowest BCUT2D eigenvalue weighted by Crippen LogP contribution is -1.81. The number of benzene rings is 1. The van der Waals surface area contributed by atoms with E-state index in [2.05, 4.69) is 88.8 Å². The molecule has 2 heteroatoms. The Morgan fingerprint density at radius 2 is 1.65 bits per heavy atom. The van der Waals surface area contributed by atoms with Gasteiger partial charge in [0.05, 0.1) is 0 Å². The maximum absolute atomic E-state index is 2.33. The molecule has 0 saturated heterocycles. The molecule has 0 radical (unpaired) electrons. The van der Waals surface area contributed by atoms with Gasteiger partial charge in [-0.15, -0.1) is 0 Å². The summed E-state index contributed by atoms with van der Waals surface area (Å²) in [6.45, 7) is 2.12. The van der Waals surface area contributed by atoms with Gasteiger partial charge in [-0.1, -0.05) is 18.2 Å². The van der Waals surface area contributed by atoms with Crippen LogP contribution < -0.4 is 0 Å². The summed E-state index contributed by atoms with van der Waals surface area (Å²) in [6, 6.07) is 15.2. The predicted molar refractivity (Wildman–Crippen MR) is 80.3 cm³/mol. The van der Waals surface area contributed by atoms with Crippen LogP contribution >= 0.6 is 22.6 Å². The van der Waals surface area contributed by atoms with Crippen molar-refractivity contribution in [2.45, 2.75) is 6.92 Å². The second-order valence-electron chi connectivity index (χ2n) is 4.27. The Balaban J connectivity index is 2.14. The van der Waals surface area contributed by atoms with Gasteiger partial charge in [0, 0.05) is 27.0 Å². The van der Waals surface area contributed by atoms with E-state index in [4.69, 9.17) is 0 Å². The molecule has 0 fully saturated rings. The van der Waals surface area contributed by atoms with Crippen molar-refractivity contribution >= 4 is 28.1 Å². The van der Waals surface area contributed by atoms with E-state index in [-0.39, 0.29) is 0 Å². The Kier molecular flexibility index (Phi) is 2.67. The van der Waals surface area contributed by atoms with Gasteiger partial charge in [0.15, 0.2) is 0 Å². The monoisotopic (exact) mass is 333 g/mol. The van der Waals surface area contributed by atoms with Crippen LogP contribution in [0.1, 0.15) is 5.56 Å². The molecule has 0 saturated carbocycles. The van der Waals surface area contributed by atoms with E-state index >= 15 is 0 Å². The number of nitrogens with zero attached hydrogens (tertiary/aromatic N) is 1. The fourth-order valence-electron chi connectivity index (χ4n) is 2.02. The van der Waals surface area contributed by atoms with Gasteiger partial charge < -0.3 is 4.40 Å². The van der Waals surface area contributed by atoms with Crippen LogP contribution in [0.2, 0.25) is 0 Å². The molecule has 2 aromatic heterocycles. The number of hydrogen-bond acceptors (Lipinski definition) is 0. The molecule has 3 aromatic rings. The molecule has 84 valence electrons. The molecule has 0 aliphatic carbocycles. The lowest BCUT2D eigenvalue weighted by atomic mass is 10.1. The molecule has 0 bridgehead atoms. The van der Waals surface area contributed by atoms with Crippen molar-refractivity contribution in [3.8, 4) is 11.1 Å². The smallest absolute Gasteiger partial charge is 0.0456 e. The SMILES string of the molecule is Cc1ccc2cc(-c3ccc(I)cc3)cn2c1. The van der Waals surface area contributed by atoms with Gasteiger partial charge in [0.2, 0.25) is 0 Å². The summed E-state index contributed by atoms with van der Waals surface area (Å²) in [6.07, 6.45) is 4.34. The summed E-state index contributed by atoms with van der Waals surface area (Å²) >= 11 is 2.33. The van der Waals surface area contributed by atoms with E-state index in [1.54, 1.807) is 0 Å². The van der Waals surface area contributed by atoms with Crippen molar-refractivity contribution < 1.29 is 0 Å². The van der Waals surface area contributed by atoms with E-state index in [0.717, 1.165) is 0 Å². The van der Waals surface area contributed by atoms with E-state index in [1.807, 2.05) is 0 Å². The van der Waals surface area contributed by atoms with Crippen LogP contribution in [0.15, 0.2) is 54.9 Å². The van der Waals surface area contributed by atoms with Gasteiger partial charge in [0.1, 0.15) is 0 Å². The van der Waals surface area contributed by atoms with Crippen LogP contribution in [0.3, 0.4) is 0 Å². The molecule has 0 aliphatic heterocycles. The van der Waals surface area contributed by atoms with Crippen LogP contribution in [0.5, 0.6) is 0 Å². The average molecular weight is 333 g/mol. The average Bonchev–Trinajstić information content (AvgIpc) is 2.72. The van der Waals surface area contributed by atoms with Gasteiger partial charge in [-0.3, -0.25) is 0 Å². The number of hydrogen-bond donors (Lipinski definition) is 0. The van der Waals surface area contributed by atoms with Crippen LogP contribution in [0.4, 0.5) is 0 Å². The fraction of sp³-hybridized carbons (Fsp3) is 0.0667. The van der Waals surface area contributed by atoms with E-state index in [9.17, 15) is 0 Å². The van der Waals surface area contributed by atoms with Gasteiger partial charge >= 0.3 is 0 Å². The van der Waals surface area contributed by atoms with Crippen LogP contribution in [0, 0.1) is 10.5 Å². The number of fused-ring (bicyclic) bond motifs is 1. The molecule has 3 rings (SSSR count). The first-order valence-corrected chi connectivity index (χ1v) is 6.64. The zero-order valence-electron chi connectivity index (χ0n) is 9.52. The highest BCUT2D eigenvalue weighted by atomic mass is 127. The minimum absolute atomic E-state index is 1.24. The summed E-state index contributed by atoms with van der Waals surface area (Å²) in [7, 11) is 0. The largest absolute Gasteiger partial charge is 0.323 e. The van der Waals surface area contributed by atoms with Gasteiger partial charge in [-0.05, 0) is 64.9 Å². The summed E-state index contributed by atoms with van der Waals surface area (Å²) in [5, 5.41) is 0. The van der Waals surface area contributed by atoms with Gasteiger partial charge in [-0.25, -0.2) is 0 Å². The fourth-order valence-corrected chi connectivity index (χ4v) is 2.38. The molecule has 17 heavy (non-hydrogen) atoms. The zero-order valence-corrected chi connectivity index (χ0v) is 11.7. The third-order valence-electron chi connectivity index (χ3n) is 2.92. The maximum Gasteiger partial charge on any atom is 0.0456 e. The second-order valence-corrected chi connectivity index (χ2v) is 5.52.